The molecular formula is C11H20N2O6S2. The molecule has 8 nitrogen and oxygen atoms in total. The molecule has 21 heavy (non-hydrogen) atoms. The summed E-state index contributed by atoms with van der Waals surface area (Å²) in [5.41, 5.74) is 0. The van der Waals surface area contributed by atoms with Crippen LogP contribution < -0.4 is 4.72 Å². The number of carbonyl (C=O) groups is 1. The standard InChI is InChI=1S/C11H20N2O6S2/c14-11(15)9-3-1-5-13(8-9)21(18,19)12-7-10-4-2-6-20(10,16)17/h9-10,12H,1-8H2,(H,14,15). The minimum atomic E-state index is -3.83. The van der Waals surface area contributed by atoms with E-state index in [9.17, 15) is 21.6 Å². The van der Waals surface area contributed by atoms with Crippen LogP contribution in [0.5, 0.6) is 0 Å². The molecule has 2 atom stereocenters. The molecule has 0 aromatic rings. The Labute approximate surface area is 124 Å². The summed E-state index contributed by atoms with van der Waals surface area (Å²) in [4.78, 5) is 11.0. The first kappa shape index (κ1) is 16.7. The topological polar surface area (TPSA) is 121 Å². The Morgan fingerprint density at radius 3 is 2.57 bits per heavy atom. The summed E-state index contributed by atoms with van der Waals surface area (Å²) in [6.07, 6.45) is 1.96. The predicted molar refractivity (Wildman–Crippen MR) is 75.7 cm³/mol. The Balaban J connectivity index is 1.97. The third kappa shape index (κ3) is 3.93. The van der Waals surface area contributed by atoms with Gasteiger partial charge in [-0.3, -0.25) is 4.79 Å². The molecule has 2 N–H and O–H groups in total. The van der Waals surface area contributed by atoms with Gasteiger partial charge in [0.05, 0.1) is 16.9 Å². The summed E-state index contributed by atoms with van der Waals surface area (Å²) in [6, 6.07) is 0. The second kappa shape index (κ2) is 6.19. The van der Waals surface area contributed by atoms with Gasteiger partial charge in [0.2, 0.25) is 0 Å². The molecule has 0 bridgehead atoms. The van der Waals surface area contributed by atoms with Gasteiger partial charge >= 0.3 is 5.97 Å². The lowest BCUT2D eigenvalue weighted by Gasteiger charge is -2.30. The van der Waals surface area contributed by atoms with Crippen LogP contribution in [-0.2, 0) is 24.8 Å². The van der Waals surface area contributed by atoms with Crippen LogP contribution >= 0.6 is 0 Å². The Hall–Kier alpha value is -0.710. The van der Waals surface area contributed by atoms with Gasteiger partial charge in [-0.05, 0) is 25.7 Å². The van der Waals surface area contributed by atoms with E-state index in [1.165, 1.54) is 0 Å². The van der Waals surface area contributed by atoms with Crippen molar-refractivity contribution in [1.29, 1.82) is 0 Å². The summed E-state index contributed by atoms with van der Waals surface area (Å²) in [5, 5.41) is 8.30. The van der Waals surface area contributed by atoms with Crippen molar-refractivity contribution in [3.8, 4) is 0 Å². The third-order valence-electron chi connectivity index (χ3n) is 4.03. The Bertz CT molecular complexity index is 600. The van der Waals surface area contributed by atoms with Gasteiger partial charge in [-0.25, -0.2) is 13.1 Å². The van der Waals surface area contributed by atoms with Crippen molar-refractivity contribution in [3.63, 3.8) is 0 Å². The molecule has 2 rings (SSSR count). The second-order valence-electron chi connectivity index (χ2n) is 5.52. The SMILES string of the molecule is O=C(O)C1CCCN(S(=O)(=O)NCC2CCCS2(=O)=O)C1. The van der Waals surface area contributed by atoms with Crippen LogP contribution in [0.1, 0.15) is 25.7 Å². The van der Waals surface area contributed by atoms with E-state index in [1.807, 2.05) is 0 Å². The first-order valence-corrected chi connectivity index (χ1v) is 10.1. The van der Waals surface area contributed by atoms with Crippen molar-refractivity contribution in [2.45, 2.75) is 30.9 Å². The number of carboxylic acids is 1. The maximum absolute atomic E-state index is 12.1. The maximum atomic E-state index is 12.1. The van der Waals surface area contributed by atoms with Gasteiger partial charge in [-0.2, -0.15) is 12.7 Å². The van der Waals surface area contributed by atoms with Crippen LogP contribution in [0.3, 0.4) is 0 Å². The summed E-state index contributed by atoms with van der Waals surface area (Å²) in [7, 11) is -7.04. The van der Waals surface area contributed by atoms with Crippen LogP contribution in [0.15, 0.2) is 0 Å². The molecule has 2 fully saturated rings. The molecule has 0 aromatic heterocycles. The van der Waals surface area contributed by atoms with E-state index < -0.39 is 37.2 Å². The van der Waals surface area contributed by atoms with E-state index in [-0.39, 0.29) is 25.4 Å². The van der Waals surface area contributed by atoms with Gasteiger partial charge in [0.25, 0.3) is 10.2 Å². The second-order valence-corrected chi connectivity index (χ2v) is 9.68. The lowest BCUT2D eigenvalue weighted by atomic mass is 10.0. The minimum Gasteiger partial charge on any atom is -0.481 e. The van der Waals surface area contributed by atoms with Crippen LogP contribution in [0.2, 0.25) is 0 Å². The fourth-order valence-corrected chi connectivity index (χ4v) is 5.95. The summed E-state index contributed by atoms with van der Waals surface area (Å²) in [6.45, 7) is 0.0531. The monoisotopic (exact) mass is 340 g/mol. The Kier molecular flexibility index (Phi) is 4.91. The highest BCUT2D eigenvalue weighted by molar-refractivity contribution is 7.92. The number of hydrogen-bond acceptors (Lipinski definition) is 5. The fourth-order valence-electron chi connectivity index (χ4n) is 2.74. The molecule has 0 spiro atoms. The quantitative estimate of drug-likeness (QED) is 0.675. The van der Waals surface area contributed by atoms with Crippen molar-refractivity contribution < 1.29 is 26.7 Å². The highest BCUT2D eigenvalue weighted by Gasteiger charge is 2.35. The fraction of sp³-hybridized carbons (Fsp3) is 0.909. The van der Waals surface area contributed by atoms with Crippen LogP contribution in [-0.4, -0.2) is 62.9 Å². The number of sulfone groups is 1. The molecule has 10 heteroatoms. The van der Waals surface area contributed by atoms with Crippen molar-refractivity contribution >= 4 is 26.0 Å². The summed E-state index contributed by atoms with van der Waals surface area (Å²) >= 11 is 0. The van der Waals surface area contributed by atoms with Gasteiger partial charge in [-0.15, -0.1) is 0 Å². The van der Waals surface area contributed by atoms with Crippen molar-refractivity contribution in [1.82, 2.24) is 9.03 Å². The molecule has 0 amide bonds. The van der Waals surface area contributed by atoms with Gasteiger partial charge in [0.1, 0.15) is 0 Å². The zero-order valence-electron chi connectivity index (χ0n) is 11.6. The maximum Gasteiger partial charge on any atom is 0.307 e. The van der Waals surface area contributed by atoms with Crippen LogP contribution in [0.25, 0.3) is 0 Å². The van der Waals surface area contributed by atoms with Crippen molar-refractivity contribution in [2.24, 2.45) is 5.92 Å². The number of nitrogens with zero attached hydrogens (tertiary/aromatic N) is 1. The zero-order valence-corrected chi connectivity index (χ0v) is 13.2. The number of nitrogens with one attached hydrogen (secondary N) is 1. The molecular weight excluding hydrogens is 320 g/mol. The minimum absolute atomic E-state index is 0.0674. The molecule has 0 aliphatic carbocycles. The van der Waals surface area contributed by atoms with E-state index >= 15 is 0 Å². The molecule has 2 saturated heterocycles. The van der Waals surface area contributed by atoms with E-state index in [0.29, 0.717) is 25.7 Å². The first-order chi connectivity index (χ1) is 9.72. The third-order valence-corrected chi connectivity index (χ3v) is 7.85. The average Bonchev–Trinajstić information content (AvgIpc) is 2.75. The van der Waals surface area contributed by atoms with E-state index in [2.05, 4.69) is 4.72 Å². The van der Waals surface area contributed by atoms with Crippen molar-refractivity contribution in [3.05, 3.63) is 0 Å². The molecule has 2 aliphatic heterocycles. The normalized spacial score (nSPS) is 30.3. The van der Waals surface area contributed by atoms with Crippen LogP contribution in [0, 0.1) is 5.92 Å². The Morgan fingerprint density at radius 2 is 2.00 bits per heavy atom. The molecule has 2 unspecified atom stereocenters. The smallest absolute Gasteiger partial charge is 0.307 e. The largest absolute Gasteiger partial charge is 0.481 e. The molecule has 0 radical (unpaired) electrons. The lowest BCUT2D eigenvalue weighted by Crippen LogP contribution is -2.49. The highest BCUT2D eigenvalue weighted by atomic mass is 32.2. The molecule has 2 aliphatic rings. The number of piperidine rings is 1. The van der Waals surface area contributed by atoms with E-state index in [0.717, 1.165) is 4.31 Å². The molecule has 0 aromatic carbocycles. The Morgan fingerprint density at radius 1 is 1.29 bits per heavy atom. The van der Waals surface area contributed by atoms with Gasteiger partial charge in [0.15, 0.2) is 9.84 Å². The first-order valence-electron chi connectivity index (χ1n) is 6.91. The lowest BCUT2D eigenvalue weighted by molar-refractivity contribution is -0.142. The van der Waals surface area contributed by atoms with E-state index in [1.54, 1.807) is 0 Å². The van der Waals surface area contributed by atoms with E-state index in [4.69, 9.17) is 5.11 Å². The van der Waals surface area contributed by atoms with Gasteiger partial charge in [0, 0.05) is 19.6 Å². The van der Waals surface area contributed by atoms with Crippen molar-refractivity contribution in [2.75, 3.05) is 25.4 Å². The predicted octanol–water partition coefficient (Wildman–Crippen LogP) is -0.805. The average molecular weight is 340 g/mol. The number of aliphatic carboxylic acids is 1. The molecule has 122 valence electrons. The van der Waals surface area contributed by atoms with Crippen LogP contribution in [0.4, 0.5) is 0 Å². The zero-order chi connectivity index (χ0) is 15.7. The summed E-state index contributed by atoms with van der Waals surface area (Å²) in [5.74, 6) is -1.61. The molecule has 0 saturated carbocycles. The number of rotatable bonds is 5. The number of hydrogen-bond donors (Lipinski definition) is 2. The highest BCUT2D eigenvalue weighted by Crippen LogP contribution is 2.21. The number of carboxylic acid groups (broad SMARTS) is 1. The molecule has 2 heterocycles. The summed E-state index contributed by atoms with van der Waals surface area (Å²) < 4.78 is 51.0. The van der Waals surface area contributed by atoms with Gasteiger partial charge in [-0.1, -0.05) is 0 Å². The van der Waals surface area contributed by atoms with Gasteiger partial charge < -0.3 is 5.11 Å².